The number of carbonyl (C=O) groups is 1. The second kappa shape index (κ2) is 12.8. The lowest BCUT2D eigenvalue weighted by molar-refractivity contribution is -0.137. The van der Waals surface area contributed by atoms with E-state index in [9.17, 15) is 4.79 Å². The third-order valence-electron chi connectivity index (χ3n) is 7.33. The molecule has 0 unspecified atom stereocenters. The number of hydrogen-bond acceptors (Lipinski definition) is 7. The first kappa shape index (κ1) is 27.4. The van der Waals surface area contributed by atoms with Crippen LogP contribution >= 0.6 is 0 Å². The number of carboxylic acid groups (broad SMARTS) is 1. The Kier molecular flexibility index (Phi) is 8.78. The van der Waals surface area contributed by atoms with Gasteiger partial charge in [-0.25, -0.2) is 4.98 Å². The molecule has 0 saturated heterocycles. The Morgan fingerprint density at radius 2 is 1.70 bits per heavy atom. The number of fused-ring (bicyclic) bond motifs is 1. The first-order valence-corrected chi connectivity index (χ1v) is 14.0. The number of anilines is 2. The molecule has 4 aromatic rings. The molecule has 0 aliphatic heterocycles. The van der Waals surface area contributed by atoms with Gasteiger partial charge in [-0.05, 0) is 49.8 Å². The van der Waals surface area contributed by atoms with Crippen molar-refractivity contribution in [2.45, 2.75) is 57.9 Å². The van der Waals surface area contributed by atoms with Gasteiger partial charge in [-0.3, -0.25) is 14.5 Å². The van der Waals surface area contributed by atoms with Gasteiger partial charge in [0.15, 0.2) is 0 Å². The van der Waals surface area contributed by atoms with Gasteiger partial charge in [-0.1, -0.05) is 19.3 Å². The van der Waals surface area contributed by atoms with Crippen LogP contribution in [-0.2, 0) is 11.3 Å². The summed E-state index contributed by atoms with van der Waals surface area (Å²) in [6.07, 6.45) is 13.2. The highest BCUT2D eigenvalue weighted by Gasteiger charge is 2.26. The van der Waals surface area contributed by atoms with Crippen LogP contribution in [-0.4, -0.2) is 51.6 Å². The molecule has 2 aromatic heterocycles. The fourth-order valence-electron chi connectivity index (χ4n) is 4.87. The molecule has 0 spiro atoms. The molecule has 2 aromatic carbocycles. The molecule has 0 radical (unpaired) electrons. The van der Waals surface area contributed by atoms with Crippen molar-refractivity contribution in [3.63, 3.8) is 0 Å². The fourth-order valence-corrected chi connectivity index (χ4v) is 4.87. The lowest BCUT2D eigenvalue weighted by Crippen LogP contribution is -2.20. The number of aliphatic carboxylic acids is 1. The van der Waals surface area contributed by atoms with Gasteiger partial charge < -0.3 is 19.5 Å². The van der Waals surface area contributed by atoms with Crippen LogP contribution in [0.15, 0.2) is 55.0 Å². The molecular formula is C31H37N5O4. The number of nitrogens with zero attached hydrogens (tertiary/aromatic N) is 5. The molecule has 1 N–H and O–H groups in total. The average molecular weight is 544 g/mol. The summed E-state index contributed by atoms with van der Waals surface area (Å²) < 4.78 is 13.0. The van der Waals surface area contributed by atoms with Gasteiger partial charge in [0.05, 0.1) is 43.3 Å². The van der Waals surface area contributed by atoms with E-state index in [0.717, 1.165) is 90.4 Å². The van der Waals surface area contributed by atoms with Crippen molar-refractivity contribution < 1.29 is 19.4 Å². The molecule has 1 saturated carbocycles. The molecule has 40 heavy (non-hydrogen) atoms. The lowest BCUT2D eigenvalue weighted by atomic mass is 10.1. The van der Waals surface area contributed by atoms with E-state index in [-0.39, 0.29) is 6.42 Å². The highest BCUT2D eigenvalue weighted by Crippen LogP contribution is 2.38. The Labute approximate surface area is 234 Å². The number of hydrogen-bond donors (Lipinski definition) is 1. The minimum atomic E-state index is -0.717. The van der Waals surface area contributed by atoms with Crippen molar-refractivity contribution >= 4 is 28.4 Å². The van der Waals surface area contributed by atoms with Crippen LogP contribution in [0.2, 0.25) is 0 Å². The maximum atomic E-state index is 10.6. The number of ether oxygens (including phenoxy) is 2. The second-order valence-corrected chi connectivity index (χ2v) is 10.5. The Bertz CT molecular complexity index is 1430. The summed E-state index contributed by atoms with van der Waals surface area (Å²) in [5.41, 5.74) is 5.49. The fraction of sp³-hybridized carbons (Fsp3) is 0.419. The van der Waals surface area contributed by atoms with Gasteiger partial charge in [0, 0.05) is 60.8 Å². The molecule has 1 aliphatic rings. The van der Waals surface area contributed by atoms with E-state index in [1.54, 1.807) is 20.4 Å². The summed E-state index contributed by atoms with van der Waals surface area (Å²) in [6.45, 7) is 1.74. The molecule has 2 heterocycles. The van der Waals surface area contributed by atoms with E-state index >= 15 is 0 Å². The number of aromatic nitrogens is 4. The predicted molar refractivity (Wildman–Crippen MR) is 155 cm³/mol. The van der Waals surface area contributed by atoms with Crippen LogP contribution in [0, 0.1) is 5.92 Å². The second-order valence-electron chi connectivity index (χ2n) is 10.5. The summed E-state index contributed by atoms with van der Waals surface area (Å²) in [6, 6.07) is 12.2. The molecule has 5 rings (SSSR count). The molecule has 0 amide bonds. The molecule has 9 heteroatoms. The van der Waals surface area contributed by atoms with Crippen molar-refractivity contribution in [2.75, 3.05) is 25.7 Å². The van der Waals surface area contributed by atoms with Crippen LogP contribution in [0.5, 0.6) is 11.5 Å². The van der Waals surface area contributed by atoms with Crippen molar-refractivity contribution in [3.05, 3.63) is 55.0 Å². The van der Waals surface area contributed by atoms with Gasteiger partial charge in [0.1, 0.15) is 11.5 Å². The van der Waals surface area contributed by atoms with E-state index in [1.165, 1.54) is 12.8 Å². The van der Waals surface area contributed by atoms with Gasteiger partial charge >= 0.3 is 5.97 Å². The molecule has 0 atom stereocenters. The van der Waals surface area contributed by atoms with E-state index in [2.05, 4.69) is 27.1 Å². The average Bonchev–Trinajstić information content (AvgIpc) is 3.68. The number of benzene rings is 2. The maximum absolute atomic E-state index is 10.6. The van der Waals surface area contributed by atoms with Crippen LogP contribution in [0.1, 0.15) is 51.4 Å². The van der Waals surface area contributed by atoms with Crippen molar-refractivity contribution in [1.82, 2.24) is 19.7 Å². The molecule has 1 aliphatic carbocycles. The van der Waals surface area contributed by atoms with Crippen LogP contribution < -0.4 is 14.4 Å². The standard InChI is InChI=1S/C31H37N5O4/c1-39-26-14-25(15-27(17-26)40-2)36(20-22-9-10-22)24-11-12-28-29(16-24)34-30(19-32-28)23-18-33-35(21-23)13-7-5-3-4-6-8-31(37)38/h11-12,14-19,21-22H,3-10,13,20H2,1-2H3,(H,37,38). The van der Waals surface area contributed by atoms with Crippen LogP contribution in [0.3, 0.4) is 0 Å². The number of unbranched alkanes of at least 4 members (excludes halogenated alkanes) is 4. The molecule has 9 nitrogen and oxygen atoms in total. The molecular weight excluding hydrogens is 506 g/mol. The number of carboxylic acids is 1. The van der Waals surface area contributed by atoms with E-state index < -0.39 is 5.97 Å². The Hall–Kier alpha value is -4.14. The van der Waals surface area contributed by atoms with Crippen LogP contribution in [0.4, 0.5) is 11.4 Å². The predicted octanol–water partition coefficient (Wildman–Crippen LogP) is 6.48. The highest BCUT2D eigenvalue weighted by molar-refractivity contribution is 5.82. The number of aryl methyl sites for hydroxylation is 1. The van der Waals surface area contributed by atoms with Crippen LogP contribution in [0.25, 0.3) is 22.3 Å². The largest absolute Gasteiger partial charge is 0.497 e. The van der Waals surface area contributed by atoms with Gasteiger partial charge in [-0.15, -0.1) is 0 Å². The first-order valence-electron chi connectivity index (χ1n) is 14.0. The summed E-state index contributed by atoms with van der Waals surface area (Å²) in [7, 11) is 3.34. The Morgan fingerprint density at radius 1 is 0.950 bits per heavy atom. The highest BCUT2D eigenvalue weighted by atomic mass is 16.5. The van der Waals surface area contributed by atoms with E-state index in [0.29, 0.717) is 5.92 Å². The number of methoxy groups -OCH3 is 2. The topological polar surface area (TPSA) is 103 Å². The quantitative estimate of drug-likeness (QED) is 0.170. The monoisotopic (exact) mass is 543 g/mol. The molecule has 0 bridgehead atoms. The Morgan fingerprint density at radius 3 is 2.42 bits per heavy atom. The minimum absolute atomic E-state index is 0.255. The third kappa shape index (κ3) is 7.08. The zero-order chi connectivity index (χ0) is 27.9. The van der Waals surface area contributed by atoms with Gasteiger partial charge in [-0.2, -0.15) is 5.10 Å². The SMILES string of the molecule is COc1cc(OC)cc(N(CC2CC2)c2ccc3ncc(-c4cnn(CCCCCCCC(=O)O)c4)nc3c2)c1. The first-order chi connectivity index (χ1) is 19.5. The summed E-state index contributed by atoms with van der Waals surface area (Å²) in [5, 5.41) is 13.3. The van der Waals surface area contributed by atoms with Gasteiger partial charge in [0.2, 0.25) is 0 Å². The molecule has 1 fully saturated rings. The van der Waals surface area contributed by atoms with Gasteiger partial charge in [0.25, 0.3) is 0 Å². The summed E-state index contributed by atoms with van der Waals surface area (Å²) >= 11 is 0. The van der Waals surface area contributed by atoms with E-state index in [4.69, 9.17) is 19.6 Å². The third-order valence-corrected chi connectivity index (χ3v) is 7.33. The summed E-state index contributed by atoms with van der Waals surface area (Å²) in [5.74, 6) is 1.47. The van der Waals surface area contributed by atoms with Crippen molar-refractivity contribution in [2.24, 2.45) is 5.92 Å². The van der Waals surface area contributed by atoms with Crippen molar-refractivity contribution in [1.29, 1.82) is 0 Å². The smallest absolute Gasteiger partial charge is 0.303 e. The minimum Gasteiger partial charge on any atom is -0.497 e. The lowest BCUT2D eigenvalue weighted by Gasteiger charge is -2.26. The van der Waals surface area contributed by atoms with Crippen molar-refractivity contribution in [3.8, 4) is 22.8 Å². The summed E-state index contributed by atoms with van der Waals surface area (Å²) in [4.78, 5) is 22.6. The molecule has 210 valence electrons. The number of rotatable bonds is 15. The Balaban J connectivity index is 1.31. The zero-order valence-corrected chi connectivity index (χ0v) is 23.3. The maximum Gasteiger partial charge on any atom is 0.303 e. The normalized spacial score (nSPS) is 12.9. The van der Waals surface area contributed by atoms with E-state index in [1.807, 2.05) is 41.3 Å². The zero-order valence-electron chi connectivity index (χ0n) is 23.3.